The predicted octanol–water partition coefficient (Wildman–Crippen LogP) is 0.554. The minimum Gasteiger partial charge on any atom is -0.309 e. The van der Waals surface area contributed by atoms with Gasteiger partial charge in [0.1, 0.15) is 12.4 Å². The van der Waals surface area contributed by atoms with Gasteiger partial charge in [0.25, 0.3) is 0 Å². The van der Waals surface area contributed by atoms with E-state index in [4.69, 9.17) is 0 Å². The monoisotopic (exact) mass is 264 g/mol. The van der Waals surface area contributed by atoms with Gasteiger partial charge in [0.2, 0.25) is 5.91 Å². The van der Waals surface area contributed by atoms with Gasteiger partial charge in [0.05, 0.1) is 4.92 Å². The maximum absolute atomic E-state index is 11.6. The van der Waals surface area contributed by atoms with Gasteiger partial charge in [-0.3, -0.25) is 24.3 Å². The first kappa shape index (κ1) is 12.7. The maximum Gasteiger partial charge on any atom is 0.306 e. The largest absolute Gasteiger partial charge is 0.309 e. The highest BCUT2D eigenvalue weighted by molar-refractivity contribution is 5.89. The Bertz CT molecular complexity index is 602. The molecular formula is C10H12N6O3. The van der Waals surface area contributed by atoms with Crippen LogP contribution in [-0.4, -0.2) is 30.4 Å². The Morgan fingerprint density at radius 2 is 2.37 bits per heavy atom. The van der Waals surface area contributed by atoms with E-state index in [1.807, 2.05) is 0 Å². The predicted molar refractivity (Wildman–Crippen MR) is 65.3 cm³/mol. The minimum atomic E-state index is -0.530. The Morgan fingerprint density at radius 3 is 2.95 bits per heavy atom. The van der Waals surface area contributed by atoms with Crippen molar-refractivity contribution in [2.45, 2.75) is 13.0 Å². The van der Waals surface area contributed by atoms with Crippen LogP contribution in [0.3, 0.4) is 0 Å². The summed E-state index contributed by atoms with van der Waals surface area (Å²) in [7, 11) is 1.75. The van der Waals surface area contributed by atoms with Crippen LogP contribution >= 0.6 is 0 Å². The summed E-state index contributed by atoms with van der Waals surface area (Å²) in [5.74, 6) is 0.246. The van der Waals surface area contributed by atoms with Gasteiger partial charge in [0.15, 0.2) is 5.82 Å². The standard InChI is InChI=1S/C10H12N6O3/c1-14-4-2-9(13-14)12-10(17)3-5-15-7-8(6-11-15)16(18)19/h2,4,6-7H,3,5H2,1H3,(H,12,13,17). The van der Waals surface area contributed by atoms with Crippen molar-refractivity contribution in [3.8, 4) is 0 Å². The average Bonchev–Trinajstić information content (AvgIpc) is 2.96. The lowest BCUT2D eigenvalue weighted by Crippen LogP contribution is -2.15. The fraction of sp³-hybridized carbons (Fsp3) is 0.300. The SMILES string of the molecule is Cn1ccc(NC(=O)CCn2cc([N+](=O)[O-])cn2)n1. The zero-order valence-corrected chi connectivity index (χ0v) is 10.2. The zero-order valence-electron chi connectivity index (χ0n) is 10.2. The molecule has 0 unspecified atom stereocenters. The topological polar surface area (TPSA) is 108 Å². The van der Waals surface area contributed by atoms with Gasteiger partial charge in [0, 0.05) is 32.3 Å². The lowest BCUT2D eigenvalue weighted by molar-refractivity contribution is -0.385. The van der Waals surface area contributed by atoms with Crippen LogP contribution in [0.5, 0.6) is 0 Å². The van der Waals surface area contributed by atoms with Crippen LogP contribution in [0, 0.1) is 10.1 Å². The summed E-state index contributed by atoms with van der Waals surface area (Å²) in [4.78, 5) is 21.5. The van der Waals surface area contributed by atoms with Crippen LogP contribution in [0.2, 0.25) is 0 Å². The van der Waals surface area contributed by atoms with Crippen molar-refractivity contribution in [3.05, 3.63) is 34.8 Å². The highest BCUT2D eigenvalue weighted by Crippen LogP contribution is 2.08. The number of carbonyl (C=O) groups is 1. The van der Waals surface area contributed by atoms with Gasteiger partial charge in [-0.1, -0.05) is 0 Å². The number of nitro groups is 1. The van der Waals surface area contributed by atoms with Crippen LogP contribution in [0.4, 0.5) is 11.5 Å². The molecule has 1 N–H and O–H groups in total. The van der Waals surface area contributed by atoms with Gasteiger partial charge in [-0.15, -0.1) is 0 Å². The number of aryl methyl sites for hydroxylation is 2. The summed E-state index contributed by atoms with van der Waals surface area (Å²) in [6, 6.07) is 1.68. The van der Waals surface area contributed by atoms with E-state index in [-0.39, 0.29) is 24.6 Å². The summed E-state index contributed by atoms with van der Waals surface area (Å²) in [6.07, 6.45) is 4.31. The van der Waals surface area contributed by atoms with Crippen molar-refractivity contribution in [1.29, 1.82) is 0 Å². The van der Waals surface area contributed by atoms with Crippen molar-refractivity contribution >= 4 is 17.4 Å². The molecule has 2 rings (SSSR count). The molecule has 0 fully saturated rings. The number of amides is 1. The molecule has 2 heterocycles. The normalized spacial score (nSPS) is 10.4. The molecule has 0 radical (unpaired) electrons. The lowest BCUT2D eigenvalue weighted by atomic mass is 10.4. The molecule has 19 heavy (non-hydrogen) atoms. The number of carbonyl (C=O) groups excluding carboxylic acids is 1. The summed E-state index contributed by atoms with van der Waals surface area (Å²) >= 11 is 0. The van der Waals surface area contributed by atoms with E-state index in [1.54, 1.807) is 24.0 Å². The van der Waals surface area contributed by atoms with Gasteiger partial charge in [-0.2, -0.15) is 10.2 Å². The highest BCUT2D eigenvalue weighted by atomic mass is 16.6. The molecule has 9 nitrogen and oxygen atoms in total. The summed E-state index contributed by atoms with van der Waals surface area (Å²) in [5, 5.41) is 20.9. The first-order valence-corrected chi connectivity index (χ1v) is 5.51. The van der Waals surface area contributed by atoms with Crippen LogP contribution in [0.15, 0.2) is 24.7 Å². The van der Waals surface area contributed by atoms with E-state index in [1.165, 1.54) is 10.9 Å². The number of hydrogen-bond acceptors (Lipinski definition) is 5. The molecular weight excluding hydrogens is 252 g/mol. The smallest absolute Gasteiger partial charge is 0.306 e. The fourth-order valence-electron chi connectivity index (χ4n) is 1.47. The van der Waals surface area contributed by atoms with E-state index in [0.29, 0.717) is 5.82 Å². The van der Waals surface area contributed by atoms with E-state index < -0.39 is 4.92 Å². The molecule has 0 aliphatic carbocycles. The lowest BCUT2D eigenvalue weighted by Gasteiger charge is -2.01. The number of hydrogen-bond donors (Lipinski definition) is 1. The molecule has 0 aliphatic rings. The number of rotatable bonds is 5. The van der Waals surface area contributed by atoms with Crippen molar-refractivity contribution in [1.82, 2.24) is 19.6 Å². The molecule has 2 aromatic heterocycles. The summed E-state index contributed by atoms with van der Waals surface area (Å²) in [6.45, 7) is 0.270. The van der Waals surface area contributed by atoms with Gasteiger partial charge in [-0.25, -0.2) is 0 Å². The fourth-order valence-corrected chi connectivity index (χ4v) is 1.47. The van der Waals surface area contributed by atoms with Crippen molar-refractivity contribution < 1.29 is 9.72 Å². The van der Waals surface area contributed by atoms with E-state index >= 15 is 0 Å². The first-order valence-electron chi connectivity index (χ1n) is 5.51. The molecule has 1 amide bonds. The van der Waals surface area contributed by atoms with Gasteiger partial charge >= 0.3 is 5.69 Å². The van der Waals surface area contributed by atoms with Crippen LogP contribution in [0.1, 0.15) is 6.42 Å². The molecule has 2 aromatic rings. The molecule has 0 aliphatic heterocycles. The van der Waals surface area contributed by atoms with E-state index in [2.05, 4.69) is 15.5 Å². The number of aromatic nitrogens is 4. The molecule has 0 saturated heterocycles. The van der Waals surface area contributed by atoms with E-state index in [9.17, 15) is 14.9 Å². The second kappa shape index (κ2) is 5.29. The molecule has 0 bridgehead atoms. The van der Waals surface area contributed by atoms with Crippen LogP contribution in [-0.2, 0) is 18.4 Å². The zero-order chi connectivity index (χ0) is 13.8. The molecule has 0 aromatic carbocycles. The Kier molecular flexibility index (Phi) is 3.55. The number of anilines is 1. The molecule has 0 spiro atoms. The van der Waals surface area contributed by atoms with E-state index in [0.717, 1.165) is 6.20 Å². The van der Waals surface area contributed by atoms with Crippen LogP contribution in [0.25, 0.3) is 0 Å². The van der Waals surface area contributed by atoms with Crippen LogP contribution < -0.4 is 5.32 Å². The molecule has 9 heteroatoms. The van der Waals surface area contributed by atoms with Crippen molar-refractivity contribution in [2.75, 3.05) is 5.32 Å². The average molecular weight is 264 g/mol. The second-order valence-corrected chi connectivity index (χ2v) is 3.89. The summed E-state index contributed by atoms with van der Waals surface area (Å²) < 4.78 is 2.93. The summed E-state index contributed by atoms with van der Waals surface area (Å²) in [5.41, 5.74) is -0.0925. The van der Waals surface area contributed by atoms with Crippen molar-refractivity contribution in [2.24, 2.45) is 7.05 Å². The Labute approximate surface area is 108 Å². The maximum atomic E-state index is 11.6. The quantitative estimate of drug-likeness (QED) is 0.626. The minimum absolute atomic E-state index is 0.0925. The van der Waals surface area contributed by atoms with Crippen molar-refractivity contribution in [3.63, 3.8) is 0 Å². The molecule has 100 valence electrons. The third kappa shape index (κ3) is 3.37. The highest BCUT2D eigenvalue weighted by Gasteiger charge is 2.10. The Morgan fingerprint density at radius 1 is 1.58 bits per heavy atom. The number of nitrogens with one attached hydrogen (secondary N) is 1. The molecule has 0 atom stereocenters. The number of nitrogens with zero attached hydrogens (tertiary/aromatic N) is 5. The third-order valence-corrected chi connectivity index (χ3v) is 2.38. The first-order chi connectivity index (χ1) is 9.04. The second-order valence-electron chi connectivity index (χ2n) is 3.89. The third-order valence-electron chi connectivity index (χ3n) is 2.38. The van der Waals surface area contributed by atoms with Gasteiger partial charge in [-0.05, 0) is 0 Å². The Balaban J connectivity index is 1.84. The Hall–Kier alpha value is -2.71. The molecule has 0 saturated carbocycles. The van der Waals surface area contributed by atoms with Gasteiger partial charge < -0.3 is 5.32 Å².